The molecule has 0 heterocycles. The third-order valence-electron chi connectivity index (χ3n) is 3.04. The van der Waals surface area contributed by atoms with E-state index in [0.717, 1.165) is 17.2 Å². The van der Waals surface area contributed by atoms with Crippen LogP contribution in [0.4, 0.5) is 8.78 Å². The summed E-state index contributed by atoms with van der Waals surface area (Å²) in [5.74, 6) is -0.255. The Balaban J connectivity index is 2.46. The number of methoxy groups -OCH3 is 1. The topological polar surface area (TPSA) is 9.23 Å². The van der Waals surface area contributed by atoms with Gasteiger partial charge in [-0.25, -0.2) is 8.78 Å². The van der Waals surface area contributed by atoms with Crippen molar-refractivity contribution in [3.8, 4) is 5.75 Å². The number of hydrogen-bond acceptors (Lipinski definition) is 1. The average Bonchev–Trinajstić information content (AvgIpc) is 2.42. The summed E-state index contributed by atoms with van der Waals surface area (Å²) in [5.41, 5.74) is 2.03. The van der Waals surface area contributed by atoms with E-state index in [1.165, 1.54) is 6.07 Å². The SMILES string of the molecule is COc1cc(C(Br)c2cc(F)c(Br)cc2F)ccc1C. The molecule has 0 bridgehead atoms. The Kier molecular flexibility index (Phi) is 4.81. The summed E-state index contributed by atoms with van der Waals surface area (Å²) in [6.45, 7) is 1.92. The first-order valence-corrected chi connectivity index (χ1v) is 7.58. The van der Waals surface area contributed by atoms with Gasteiger partial charge in [-0.15, -0.1) is 0 Å². The molecule has 1 atom stereocenters. The Hall–Kier alpha value is -0.940. The van der Waals surface area contributed by atoms with Gasteiger partial charge in [-0.2, -0.15) is 0 Å². The van der Waals surface area contributed by atoms with E-state index < -0.39 is 16.5 Å². The van der Waals surface area contributed by atoms with Crippen molar-refractivity contribution in [2.24, 2.45) is 0 Å². The van der Waals surface area contributed by atoms with E-state index >= 15 is 0 Å². The molecule has 0 amide bonds. The van der Waals surface area contributed by atoms with Crippen molar-refractivity contribution in [3.05, 3.63) is 63.1 Å². The lowest BCUT2D eigenvalue weighted by molar-refractivity contribution is 0.411. The molecule has 20 heavy (non-hydrogen) atoms. The van der Waals surface area contributed by atoms with E-state index in [4.69, 9.17) is 4.74 Å². The van der Waals surface area contributed by atoms with Crippen LogP contribution in [0.3, 0.4) is 0 Å². The number of aryl methyl sites for hydroxylation is 1. The molecular weight excluding hydrogens is 394 g/mol. The summed E-state index contributed by atoms with van der Waals surface area (Å²) in [4.78, 5) is -0.445. The molecule has 106 valence electrons. The number of hydrogen-bond donors (Lipinski definition) is 0. The maximum absolute atomic E-state index is 14.0. The minimum Gasteiger partial charge on any atom is -0.496 e. The highest BCUT2D eigenvalue weighted by molar-refractivity contribution is 9.10. The number of alkyl halides is 1. The normalized spacial score (nSPS) is 12.3. The van der Waals surface area contributed by atoms with Crippen LogP contribution >= 0.6 is 31.9 Å². The molecule has 0 aliphatic carbocycles. The molecule has 5 heteroatoms. The summed E-state index contributed by atoms with van der Waals surface area (Å²) in [7, 11) is 1.58. The van der Waals surface area contributed by atoms with Gasteiger partial charge in [-0.05, 0) is 52.2 Å². The van der Waals surface area contributed by atoms with Gasteiger partial charge in [0, 0.05) is 5.56 Å². The van der Waals surface area contributed by atoms with Crippen molar-refractivity contribution in [1.82, 2.24) is 0 Å². The molecule has 0 fully saturated rings. The van der Waals surface area contributed by atoms with Crippen molar-refractivity contribution in [1.29, 1.82) is 0 Å². The fraction of sp³-hybridized carbons (Fsp3) is 0.200. The maximum Gasteiger partial charge on any atom is 0.137 e. The van der Waals surface area contributed by atoms with Crippen LogP contribution in [0.25, 0.3) is 0 Å². The minimum atomic E-state index is -0.495. The molecule has 1 unspecified atom stereocenters. The third-order valence-corrected chi connectivity index (χ3v) is 4.67. The zero-order valence-corrected chi connectivity index (χ0v) is 14.1. The van der Waals surface area contributed by atoms with Gasteiger partial charge >= 0.3 is 0 Å². The zero-order chi connectivity index (χ0) is 14.9. The Morgan fingerprint density at radius 2 is 1.80 bits per heavy atom. The Morgan fingerprint density at radius 1 is 1.10 bits per heavy atom. The molecule has 0 spiro atoms. The highest BCUT2D eigenvalue weighted by Crippen LogP contribution is 2.36. The van der Waals surface area contributed by atoms with Crippen molar-refractivity contribution < 1.29 is 13.5 Å². The standard InChI is InChI=1S/C15H12Br2F2O/c1-8-3-4-9(5-14(8)20-2)15(17)10-6-13(19)11(16)7-12(10)18/h3-7,15H,1-2H3. The third kappa shape index (κ3) is 3.04. The van der Waals surface area contributed by atoms with Crippen molar-refractivity contribution in [2.45, 2.75) is 11.8 Å². The van der Waals surface area contributed by atoms with E-state index in [2.05, 4.69) is 31.9 Å². The molecule has 0 saturated heterocycles. The van der Waals surface area contributed by atoms with Crippen LogP contribution in [0, 0.1) is 18.6 Å². The van der Waals surface area contributed by atoms with E-state index in [1.807, 2.05) is 25.1 Å². The smallest absolute Gasteiger partial charge is 0.137 e. The predicted molar refractivity (Wildman–Crippen MR) is 82.6 cm³/mol. The first-order chi connectivity index (χ1) is 9.43. The summed E-state index contributed by atoms with van der Waals surface area (Å²) in [6.07, 6.45) is 0. The largest absolute Gasteiger partial charge is 0.496 e. The lowest BCUT2D eigenvalue weighted by Crippen LogP contribution is -1.99. The van der Waals surface area contributed by atoms with E-state index in [9.17, 15) is 8.78 Å². The summed E-state index contributed by atoms with van der Waals surface area (Å²) in [5, 5.41) is 0. The van der Waals surface area contributed by atoms with Crippen LogP contribution in [-0.4, -0.2) is 7.11 Å². The number of ether oxygens (including phenoxy) is 1. The van der Waals surface area contributed by atoms with Crippen LogP contribution in [0.1, 0.15) is 21.5 Å². The summed E-state index contributed by atoms with van der Waals surface area (Å²) >= 11 is 6.38. The lowest BCUT2D eigenvalue weighted by atomic mass is 10.0. The molecule has 0 N–H and O–H groups in total. The minimum absolute atomic E-state index is 0.111. The van der Waals surface area contributed by atoms with Gasteiger partial charge in [0.05, 0.1) is 16.4 Å². The highest BCUT2D eigenvalue weighted by Gasteiger charge is 2.18. The highest BCUT2D eigenvalue weighted by atomic mass is 79.9. The molecule has 0 aliphatic heterocycles. The lowest BCUT2D eigenvalue weighted by Gasteiger charge is -2.14. The molecule has 2 aromatic carbocycles. The number of benzene rings is 2. The van der Waals surface area contributed by atoms with Crippen molar-refractivity contribution in [2.75, 3.05) is 7.11 Å². The van der Waals surface area contributed by atoms with E-state index in [1.54, 1.807) is 7.11 Å². The fourth-order valence-corrected chi connectivity index (χ4v) is 2.86. The second-order valence-corrected chi connectivity index (χ2v) is 6.15. The Labute approximate surface area is 133 Å². The summed E-state index contributed by atoms with van der Waals surface area (Å²) < 4.78 is 32.9. The molecule has 0 aromatic heterocycles. The first kappa shape index (κ1) is 15.4. The van der Waals surface area contributed by atoms with Crippen LogP contribution in [0.2, 0.25) is 0 Å². The van der Waals surface area contributed by atoms with Gasteiger partial charge in [0.2, 0.25) is 0 Å². The first-order valence-electron chi connectivity index (χ1n) is 5.87. The number of halogens is 4. The second-order valence-electron chi connectivity index (χ2n) is 4.38. The van der Waals surface area contributed by atoms with Crippen molar-refractivity contribution in [3.63, 3.8) is 0 Å². The average molecular weight is 406 g/mol. The van der Waals surface area contributed by atoms with E-state index in [0.29, 0.717) is 5.75 Å². The molecule has 2 aromatic rings. The molecule has 0 saturated carbocycles. The van der Waals surface area contributed by atoms with Crippen molar-refractivity contribution >= 4 is 31.9 Å². The van der Waals surface area contributed by atoms with Gasteiger partial charge in [0.25, 0.3) is 0 Å². The van der Waals surface area contributed by atoms with Gasteiger partial charge < -0.3 is 4.74 Å². The van der Waals surface area contributed by atoms with Crippen LogP contribution in [-0.2, 0) is 0 Å². The van der Waals surface area contributed by atoms with Gasteiger partial charge in [0.1, 0.15) is 17.4 Å². The molecule has 0 aliphatic rings. The summed E-state index contributed by atoms with van der Waals surface area (Å²) in [6, 6.07) is 7.87. The second kappa shape index (κ2) is 6.22. The predicted octanol–water partition coefficient (Wildman–Crippen LogP) is 5.53. The molecule has 1 nitrogen and oxygen atoms in total. The Morgan fingerprint density at radius 3 is 2.45 bits per heavy atom. The van der Waals surface area contributed by atoms with Crippen LogP contribution in [0.5, 0.6) is 5.75 Å². The van der Waals surface area contributed by atoms with Gasteiger partial charge in [-0.1, -0.05) is 28.1 Å². The monoisotopic (exact) mass is 404 g/mol. The fourth-order valence-electron chi connectivity index (χ4n) is 1.91. The van der Waals surface area contributed by atoms with Gasteiger partial charge in [0.15, 0.2) is 0 Å². The van der Waals surface area contributed by atoms with Gasteiger partial charge in [-0.3, -0.25) is 0 Å². The van der Waals surface area contributed by atoms with E-state index in [-0.39, 0.29) is 10.0 Å². The molecular formula is C15H12Br2F2O. The van der Waals surface area contributed by atoms with Crippen LogP contribution < -0.4 is 4.74 Å². The zero-order valence-electron chi connectivity index (χ0n) is 10.9. The quantitative estimate of drug-likeness (QED) is 0.482. The van der Waals surface area contributed by atoms with Crippen LogP contribution in [0.15, 0.2) is 34.8 Å². The number of rotatable bonds is 3. The maximum atomic E-state index is 14.0. The molecule has 2 rings (SSSR count). The Bertz CT molecular complexity index is 644. The molecule has 0 radical (unpaired) electrons.